The van der Waals surface area contributed by atoms with Gasteiger partial charge < -0.3 is 5.11 Å². The Balaban J connectivity index is 0.000000179. The van der Waals surface area contributed by atoms with Gasteiger partial charge in [-0.15, -0.1) is 0 Å². The molecule has 1 N–H and O–H groups in total. The second kappa shape index (κ2) is 39.4. The molecule has 0 aliphatic heterocycles. The SMILES string of the molecule is CC(C)(C)CCc1ccc(-c2ccccc2)cc1.CC(C)(C)Cc1ccc(-c2ccc(-c3ccccc3)cc2)cc1.CC(C)(C)Cc1ccc(-c2ccccc2)cc1.CC(C)(C)Cc1ccc(CO)cc1.CC(C)(C)c1ccc(-c2ccccc2)cc1.[C-]#[N+]c1ccc(-c2ccc(CC(C)(C)C)cc2)cc1. The van der Waals surface area contributed by atoms with Crippen LogP contribution in [0.25, 0.3) is 71.6 Å². The van der Waals surface area contributed by atoms with Crippen molar-refractivity contribution in [2.24, 2.45) is 27.1 Å². The van der Waals surface area contributed by atoms with E-state index in [1.165, 1.54) is 107 Å². The van der Waals surface area contributed by atoms with Crippen LogP contribution in [-0.4, -0.2) is 5.11 Å². The molecule has 0 saturated carbocycles. The summed E-state index contributed by atoms with van der Waals surface area (Å²) in [5.41, 5.74) is 27.2. The Morgan fingerprint density at radius 2 is 0.425 bits per heavy atom. The number of nitrogens with zero attached hydrogens (tertiary/aromatic N) is 1. The molecule has 0 aliphatic rings. The van der Waals surface area contributed by atoms with E-state index >= 15 is 0 Å². The maximum absolute atomic E-state index is 8.86. The van der Waals surface area contributed by atoms with Crippen LogP contribution < -0.4 is 0 Å². The van der Waals surface area contributed by atoms with Gasteiger partial charge in [0.2, 0.25) is 0 Å². The molecule has 0 aromatic heterocycles. The van der Waals surface area contributed by atoms with Crippen molar-refractivity contribution < 1.29 is 5.11 Å². The predicted octanol–water partition coefficient (Wildman–Crippen LogP) is 29.8. The maximum atomic E-state index is 8.86. The highest BCUT2D eigenvalue weighted by atomic mass is 16.3. The summed E-state index contributed by atoms with van der Waals surface area (Å²) in [5.74, 6) is 0. The molecule has 0 atom stereocenters. The number of benzene rings is 12. The highest BCUT2D eigenvalue weighted by Gasteiger charge is 2.17. The third-order valence-corrected chi connectivity index (χ3v) is 17.9. The van der Waals surface area contributed by atoms with E-state index < -0.39 is 0 Å². The Morgan fingerprint density at radius 1 is 0.226 bits per heavy atom. The molecule has 0 amide bonds. The average molecular weight is 1400 g/mol. The molecule has 12 aromatic rings. The zero-order valence-corrected chi connectivity index (χ0v) is 67.4. The molecule has 2 nitrogen and oxygen atoms in total. The quantitative estimate of drug-likeness (QED) is 0.114. The normalized spacial score (nSPS) is 11.4. The largest absolute Gasteiger partial charge is 0.392 e. The molecule has 0 heterocycles. The van der Waals surface area contributed by atoms with Crippen molar-refractivity contribution in [2.45, 2.75) is 175 Å². The summed E-state index contributed by atoms with van der Waals surface area (Å²) in [6.07, 6.45) is 6.81. The lowest BCUT2D eigenvalue weighted by Gasteiger charge is -2.19. The van der Waals surface area contributed by atoms with Gasteiger partial charge >= 0.3 is 0 Å². The number of aryl methyl sites for hydroxylation is 1. The molecule has 0 fully saturated rings. The minimum absolute atomic E-state index is 0.135. The minimum atomic E-state index is 0.135. The van der Waals surface area contributed by atoms with Crippen molar-refractivity contribution in [3.8, 4) is 66.8 Å². The second-order valence-electron chi connectivity index (χ2n) is 35.3. The standard InChI is InChI=1S/C23H24.C18H19N.C18H22.C17H20.C16H18.C12H18O/c1-23(2,3)17-18-9-11-20(12-10-18)22-15-13-21(14-16-22)19-7-5-4-6-8-19;1-18(2,3)13-14-5-7-15(8-6-14)16-9-11-17(19-4)12-10-16;1-18(2,3)14-13-15-9-11-17(12-10-15)16-7-5-4-6-8-16;1-17(2,3)13-14-9-11-16(12-10-14)15-7-5-4-6-8-15;1-16(2,3)15-11-9-14(10-12-15)13-7-5-4-6-8-13;1-12(2,3)8-10-4-6-11(9-13)7-5-10/h4-16H,17H2,1-3H3;5-12H,13H2,1-3H3;4-12H,13-14H2,1-3H3;4-12H,13H2,1-3H3;4-12H,1-3H3;4-7,13H,8-9H2,1-3H3. The van der Waals surface area contributed by atoms with Crippen LogP contribution in [0.2, 0.25) is 0 Å². The number of aliphatic hydroxyl groups is 1. The molecule has 548 valence electrons. The summed E-state index contributed by atoms with van der Waals surface area (Å²) in [5, 5.41) is 8.86. The highest BCUT2D eigenvalue weighted by molar-refractivity contribution is 5.71. The molecule has 12 aromatic carbocycles. The minimum Gasteiger partial charge on any atom is -0.392 e. The lowest BCUT2D eigenvalue weighted by molar-refractivity contribution is 0.282. The predicted molar refractivity (Wildman–Crippen MR) is 463 cm³/mol. The van der Waals surface area contributed by atoms with Crippen LogP contribution in [0.1, 0.15) is 170 Å². The second-order valence-corrected chi connectivity index (χ2v) is 35.3. The van der Waals surface area contributed by atoms with Gasteiger partial charge in [0.1, 0.15) is 0 Å². The van der Waals surface area contributed by atoms with Gasteiger partial charge in [0.05, 0.1) is 13.2 Å². The van der Waals surface area contributed by atoms with Crippen LogP contribution in [0, 0.1) is 33.6 Å². The summed E-state index contributed by atoms with van der Waals surface area (Å²) in [6, 6.07) is 111. The molecule has 0 radical (unpaired) electrons. The van der Waals surface area contributed by atoms with Gasteiger partial charge in [-0.2, -0.15) is 0 Å². The van der Waals surface area contributed by atoms with Crippen molar-refractivity contribution in [1.29, 1.82) is 0 Å². The zero-order chi connectivity index (χ0) is 77.0. The van der Waals surface area contributed by atoms with Gasteiger partial charge in [-0.3, -0.25) is 0 Å². The van der Waals surface area contributed by atoms with E-state index in [2.05, 4.69) is 402 Å². The Hall–Kier alpha value is -9.91. The van der Waals surface area contributed by atoms with Crippen LogP contribution in [0.4, 0.5) is 5.69 Å². The Bertz CT molecular complexity index is 4470. The molecule has 0 bridgehead atoms. The summed E-state index contributed by atoms with van der Waals surface area (Å²) < 4.78 is 0. The van der Waals surface area contributed by atoms with Crippen LogP contribution in [-0.2, 0) is 44.1 Å². The third kappa shape index (κ3) is 31.0. The summed E-state index contributed by atoms with van der Waals surface area (Å²) in [7, 11) is 0. The van der Waals surface area contributed by atoms with Crippen molar-refractivity contribution in [2.75, 3.05) is 0 Å². The Kier molecular flexibility index (Phi) is 31.0. The molecule has 2 heteroatoms. The average Bonchev–Trinajstić information content (AvgIpc) is 0.851. The Labute approximate surface area is 641 Å². The smallest absolute Gasteiger partial charge is 0.187 e. The summed E-state index contributed by atoms with van der Waals surface area (Å²) >= 11 is 0. The molecule has 0 saturated heterocycles. The highest BCUT2D eigenvalue weighted by Crippen LogP contribution is 2.32. The molecular weight excluding hydrogens is 1280 g/mol. The third-order valence-electron chi connectivity index (χ3n) is 17.9. The first-order valence-corrected chi connectivity index (χ1v) is 38.1. The first-order chi connectivity index (χ1) is 50.2. The first-order valence-electron chi connectivity index (χ1n) is 38.1. The van der Waals surface area contributed by atoms with Crippen LogP contribution in [0.5, 0.6) is 0 Å². The lowest BCUT2D eigenvalue weighted by Crippen LogP contribution is -2.10. The monoisotopic (exact) mass is 1400 g/mol. The van der Waals surface area contributed by atoms with E-state index in [1.54, 1.807) is 0 Å². The Morgan fingerprint density at radius 3 is 0.642 bits per heavy atom. The van der Waals surface area contributed by atoms with Crippen LogP contribution in [0.3, 0.4) is 0 Å². The maximum Gasteiger partial charge on any atom is 0.187 e. The number of hydrogen-bond donors (Lipinski definition) is 1. The first kappa shape index (κ1) is 83.4. The molecule has 0 unspecified atom stereocenters. The fourth-order valence-electron chi connectivity index (χ4n) is 12.3. The van der Waals surface area contributed by atoms with E-state index in [0.717, 1.165) is 36.8 Å². The zero-order valence-electron chi connectivity index (χ0n) is 67.4. The van der Waals surface area contributed by atoms with Gasteiger partial charge in [0.15, 0.2) is 5.69 Å². The van der Waals surface area contributed by atoms with E-state index in [0.29, 0.717) is 32.8 Å². The summed E-state index contributed by atoms with van der Waals surface area (Å²) in [6.45, 7) is 47.8. The topological polar surface area (TPSA) is 24.6 Å². The fourth-order valence-corrected chi connectivity index (χ4v) is 12.3. The number of aliphatic hydroxyl groups excluding tert-OH is 1. The van der Waals surface area contributed by atoms with Crippen LogP contribution in [0.15, 0.2) is 315 Å². The van der Waals surface area contributed by atoms with Gasteiger partial charge in [-0.25, -0.2) is 4.85 Å². The van der Waals surface area contributed by atoms with E-state index in [4.69, 9.17) is 11.7 Å². The van der Waals surface area contributed by atoms with Crippen molar-refractivity contribution in [1.82, 2.24) is 0 Å². The van der Waals surface area contributed by atoms with Crippen molar-refractivity contribution in [3.63, 3.8) is 0 Å². The van der Waals surface area contributed by atoms with E-state index in [-0.39, 0.29) is 12.0 Å². The van der Waals surface area contributed by atoms with Crippen LogP contribution >= 0.6 is 0 Å². The summed E-state index contributed by atoms with van der Waals surface area (Å²) in [4.78, 5) is 3.41. The van der Waals surface area contributed by atoms with Crippen molar-refractivity contribution in [3.05, 3.63) is 366 Å². The van der Waals surface area contributed by atoms with Gasteiger partial charge in [-0.05, 0) is 177 Å². The number of hydrogen-bond acceptors (Lipinski definition) is 1. The van der Waals surface area contributed by atoms with Crippen molar-refractivity contribution >= 4 is 5.69 Å². The van der Waals surface area contributed by atoms with Gasteiger partial charge in [-0.1, -0.05) is 440 Å². The van der Waals surface area contributed by atoms with Gasteiger partial charge in [0, 0.05) is 0 Å². The molecule has 0 aliphatic carbocycles. The molecular formula is C104H121NO. The van der Waals surface area contributed by atoms with E-state index in [1.807, 2.05) is 42.5 Å². The molecule has 106 heavy (non-hydrogen) atoms. The fraction of sp³-hybridized carbons (Fsp3) is 0.298. The van der Waals surface area contributed by atoms with Gasteiger partial charge in [0.25, 0.3) is 0 Å². The van der Waals surface area contributed by atoms with E-state index in [9.17, 15) is 0 Å². The lowest BCUT2D eigenvalue weighted by atomic mass is 9.86. The number of rotatable bonds is 13. The molecule has 12 rings (SSSR count). The molecule has 0 spiro atoms.